The fraction of sp³-hybridized carbons (Fsp3) is 1.00. The standard InChI is InChI=1S/C14H32N2O2/c1-12(2)6-7-13(3)16-9-8-15-10-14(18-5)11-17-4/h12-16H,6-11H2,1-5H3. The van der Waals surface area contributed by atoms with Crippen LogP contribution in [0, 0.1) is 5.92 Å². The minimum absolute atomic E-state index is 0.147. The molecule has 110 valence electrons. The molecule has 4 heteroatoms. The van der Waals surface area contributed by atoms with Crippen LogP contribution in [0.4, 0.5) is 0 Å². The molecule has 0 fully saturated rings. The number of hydrogen-bond donors (Lipinski definition) is 2. The number of ether oxygens (including phenoxy) is 2. The Morgan fingerprint density at radius 3 is 2.28 bits per heavy atom. The Balaban J connectivity index is 3.38. The third-order valence-corrected chi connectivity index (χ3v) is 3.03. The molecule has 2 atom stereocenters. The highest BCUT2D eigenvalue weighted by Crippen LogP contribution is 2.05. The second kappa shape index (κ2) is 11.9. The zero-order valence-electron chi connectivity index (χ0n) is 12.8. The topological polar surface area (TPSA) is 42.5 Å². The Bertz CT molecular complexity index is 177. The van der Waals surface area contributed by atoms with Crippen LogP contribution in [0.5, 0.6) is 0 Å². The maximum absolute atomic E-state index is 5.28. The molecule has 0 aromatic heterocycles. The van der Waals surface area contributed by atoms with Crippen molar-refractivity contribution in [3.8, 4) is 0 Å². The molecule has 0 amide bonds. The zero-order valence-corrected chi connectivity index (χ0v) is 12.8. The van der Waals surface area contributed by atoms with Crippen molar-refractivity contribution in [1.29, 1.82) is 0 Å². The lowest BCUT2D eigenvalue weighted by atomic mass is 10.0. The van der Waals surface area contributed by atoms with Gasteiger partial charge in [-0.2, -0.15) is 0 Å². The third kappa shape index (κ3) is 11.0. The van der Waals surface area contributed by atoms with Gasteiger partial charge in [0.1, 0.15) is 0 Å². The fourth-order valence-corrected chi connectivity index (χ4v) is 1.75. The Hall–Kier alpha value is -0.160. The molecule has 18 heavy (non-hydrogen) atoms. The second-order valence-electron chi connectivity index (χ2n) is 5.34. The molecule has 0 saturated carbocycles. The predicted molar refractivity (Wildman–Crippen MR) is 77.1 cm³/mol. The molecule has 0 rings (SSSR count). The largest absolute Gasteiger partial charge is 0.382 e. The van der Waals surface area contributed by atoms with Crippen molar-refractivity contribution in [1.82, 2.24) is 10.6 Å². The van der Waals surface area contributed by atoms with Crippen molar-refractivity contribution in [2.45, 2.75) is 45.8 Å². The van der Waals surface area contributed by atoms with Gasteiger partial charge in [0.05, 0.1) is 12.7 Å². The average Bonchev–Trinajstić information content (AvgIpc) is 2.34. The van der Waals surface area contributed by atoms with E-state index in [1.165, 1.54) is 12.8 Å². The number of hydrogen-bond acceptors (Lipinski definition) is 4. The van der Waals surface area contributed by atoms with Crippen molar-refractivity contribution in [3.05, 3.63) is 0 Å². The van der Waals surface area contributed by atoms with Crippen LogP contribution in [0.15, 0.2) is 0 Å². The summed E-state index contributed by atoms with van der Waals surface area (Å²) in [6.45, 7) is 10.3. The van der Waals surface area contributed by atoms with Crippen LogP contribution < -0.4 is 10.6 Å². The highest BCUT2D eigenvalue weighted by molar-refractivity contribution is 4.65. The van der Waals surface area contributed by atoms with E-state index in [4.69, 9.17) is 9.47 Å². The van der Waals surface area contributed by atoms with Gasteiger partial charge >= 0.3 is 0 Å². The predicted octanol–water partition coefficient (Wildman–Crippen LogP) is 1.65. The SMILES string of the molecule is COCC(CNCCNC(C)CCC(C)C)OC. The van der Waals surface area contributed by atoms with Crippen LogP contribution in [0.2, 0.25) is 0 Å². The van der Waals surface area contributed by atoms with E-state index < -0.39 is 0 Å². The normalized spacial score (nSPS) is 15.0. The van der Waals surface area contributed by atoms with Gasteiger partial charge in [-0.05, 0) is 25.7 Å². The van der Waals surface area contributed by atoms with Crippen LogP contribution in [0.3, 0.4) is 0 Å². The van der Waals surface area contributed by atoms with Gasteiger partial charge in [-0.1, -0.05) is 13.8 Å². The minimum Gasteiger partial charge on any atom is -0.382 e. The van der Waals surface area contributed by atoms with Crippen molar-refractivity contribution in [3.63, 3.8) is 0 Å². The summed E-state index contributed by atoms with van der Waals surface area (Å²) in [6.07, 6.45) is 2.69. The Morgan fingerprint density at radius 2 is 1.72 bits per heavy atom. The summed E-state index contributed by atoms with van der Waals surface area (Å²) < 4.78 is 10.3. The number of methoxy groups -OCH3 is 2. The van der Waals surface area contributed by atoms with Crippen LogP contribution in [0.1, 0.15) is 33.6 Å². The highest BCUT2D eigenvalue weighted by atomic mass is 16.5. The van der Waals surface area contributed by atoms with Crippen LogP contribution in [0.25, 0.3) is 0 Å². The van der Waals surface area contributed by atoms with Gasteiger partial charge in [0.15, 0.2) is 0 Å². The molecular weight excluding hydrogens is 228 g/mol. The van der Waals surface area contributed by atoms with Crippen LogP contribution in [-0.2, 0) is 9.47 Å². The second-order valence-corrected chi connectivity index (χ2v) is 5.34. The summed E-state index contributed by atoms with van der Waals surface area (Å²) in [5, 5.41) is 6.90. The van der Waals surface area contributed by atoms with Crippen LogP contribution >= 0.6 is 0 Å². The van der Waals surface area contributed by atoms with E-state index in [0.717, 1.165) is 25.6 Å². The lowest BCUT2D eigenvalue weighted by Gasteiger charge is -2.17. The molecule has 0 heterocycles. The van der Waals surface area contributed by atoms with Gasteiger partial charge in [0.25, 0.3) is 0 Å². The molecule has 2 N–H and O–H groups in total. The van der Waals surface area contributed by atoms with E-state index in [2.05, 4.69) is 31.4 Å². The van der Waals surface area contributed by atoms with Crippen molar-refractivity contribution in [2.75, 3.05) is 40.5 Å². The van der Waals surface area contributed by atoms with E-state index in [0.29, 0.717) is 12.6 Å². The van der Waals surface area contributed by atoms with Gasteiger partial charge in [-0.15, -0.1) is 0 Å². The third-order valence-electron chi connectivity index (χ3n) is 3.03. The minimum atomic E-state index is 0.147. The van der Waals surface area contributed by atoms with Gasteiger partial charge < -0.3 is 20.1 Å². The first kappa shape index (κ1) is 17.8. The zero-order chi connectivity index (χ0) is 13.8. The van der Waals surface area contributed by atoms with Gasteiger partial charge in [0.2, 0.25) is 0 Å². The maximum Gasteiger partial charge on any atom is 0.0928 e. The van der Waals surface area contributed by atoms with E-state index in [1.54, 1.807) is 14.2 Å². The fourth-order valence-electron chi connectivity index (χ4n) is 1.75. The molecule has 0 aliphatic carbocycles. The summed E-state index contributed by atoms with van der Waals surface area (Å²) in [7, 11) is 3.42. The quantitative estimate of drug-likeness (QED) is 0.524. The molecule has 0 saturated heterocycles. The van der Waals surface area contributed by atoms with Gasteiger partial charge in [0, 0.05) is 39.9 Å². The van der Waals surface area contributed by atoms with E-state index in [-0.39, 0.29) is 6.10 Å². The van der Waals surface area contributed by atoms with Crippen molar-refractivity contribution < 1.29 is 9.47 Å². The summed E-state index contributed by atoms with van der Waals surface area (Å²) in [5.74, 6) is 0.795. The molecule has 2 unspecified atom stereocenters. The first-order chi connectivity index (χ1) is 8.60. The molecule has 0 aromatic carbocycles. The van der Waals surface area contributed by atoms with Crippen molar-refractivity contribution in [2.24, 2.45) is 5.92 Å². The molecule has 0 bridgehead atoms. The summed E-state index contributed by atoms with van der Waals surface area (Å²) in [6, 6.07) is 0.603. The van der Waals surface area contributed by atoms with E-state index in [1.807, 2.05) is 0 Å². The van der Waals surface area contributed by atoms with Gasteiger partial charge in [-0.25, -0.2) is 0 Å². The van der Waals surface area contributed by atoms with Crippen molar-refractivity contribution >= 4 is 0 Å². The van der Waals surface area contributed by atoms with E-state index >= 15 is 0 Å². The smallest absolute Gasteiger partial charge is 0.0928 e. The Kier molecular flexibility index (Phi) is 11.8. The molecule has 0 radical (unpaired) electrons. The van der Waals surface area contributed by atoms with Gasteiger partial charge in [-0.3, -0.25) is 0 Å². The Morgan fingerprint density at radius 1 is 1.00 bits per heavy atom. The summed E-state index contributed by atoms with van der Waals surface area (Å²) >= 11 is 0. The maximum atomic E-state index is 5.28. The molecule has 0 spiro atoms. The lowest BCUT2D eigenvalue weighted by molar-refractivity contribution is 0.0291. The molecule has 0 aliphatic rings. The molecular formula is C14H32N2O2. The Labute approximate surface area is 113 Å². The molecule has 4 nitrogen and oxygen atoms in total. The first-order valence-electron chi connectivity index (χ1n) is 7.06. The first-order valence-corrected chi connectivity index (χ1v) is 7.06. The number of nitrogens with one attached hydrogen (secondary N) is 2. The van der Waals surface area contributed by atoms with Crippen LogP contribution in [-0.4, -0.2) is 52.6 Å². The summed E-state index contributed by atoms with van der Waals surface area (Å²) in [5.41, 5.74) is 0. The average molecular weight is 260 g/mol. The van der Waals surface area contributed by atoms with E-state index in [9.17, 15) is 0 Å². The summed E-state index contributed by atoms with van der Waals surface area (Å²) in [4.78, 5) is 0. The lowest BCUT2D eigenvalue weighted by Crippen LogP contribution is -2.38. The highest BCUT2D eigenvalue weighted by Gasteiger charge is 2.06. The molecule has 0 aromatic rings. The molecule has 0 aliphatic heterocycles. The number of rotatable bonds is 12. The monoisotopic (exact) mass is 260 g/mol.